The summed E-state index contributed by atoms with van der Waals surface area (Å²) in [7, 11) is 0. The Balaban J connectivity index is 2.47. The molecule has 0 aliphatic carbocycles. The van der Waals surface area contributed by atoms with Gasteiger partial charge in [0.25, 0.3) is 0 Å². The third kappa shape index (κ3) is 1.53. The lowest BCUT2D eigenvalue weighted by Crippen LogP contribution is -2.05. The summed E-state index contributed by atoms with van der Waals surface area (Å²) in [6.07, 6.45) is 0.604. The van der Waals surface area contributed by atoms with Gasteiger partial charge in [0, 0.05) is 15.1 Å². The maximum atomic E-state index is 9.65. The Labute approximate surface area is 84.3 Å². The largest absolute Gasteiger partial charge is 0.388 e. The number of halogens is 1. The molecule has 1 nitrogen and oxygen atoms in total. The molecule has 0 saturated carbocycles. The minimum absolute atomic E-state index is 0.265. The predicted octanol–water partition coefficient (Wildman–Crippen LogP) is 2.98. The zero-order chi connectivity index (χ0) is 8.55. The number of hydrogen-bond donors (Lipinski definition) is 1. The first-order chi connectivity index (χ1) is 5.77. The Morgan fingerprint density at radius 1 is 1.50 bits per heavy atom. The van der Waals surface area contributed by atoms with Crippen molar-refractivity contribution in [3.8, 4) is 0 Å². The predicted molar refractivity (Wildman–Crippen MR) is 54.4 cm³/mol. The number of aliphatic hydroxyl groups is 1. The average Bonchev–Trinajstić information content (AvgIpc) is 2.07. The van der Waals surface area contributed by atoms with E-state index in [0.717, 1.165) is 22.2 Å². The molecule has 0 bridgehead atoms. The van der Waals surface area contributed by atoms with Crippen LogP contribution in [0.1, 0.15) is 18.1 Å². The van der Waals surface area contributed by atoms with Crippen molar-refractivity contribution in [3.63, 3.8) is 0 Å². The van der Waals surface area contributed by atoms with Gasteiger partial charge >= 0.3 is 0 Å². The lowest BCUT2D eigenvalue weighted by molar-refractivity contribution is 0.170. The van der Waals surface area contributed by atoms with Crippen molar-refractivity contribution in [2.45, 2.75) is 17.4 Å². The van der Waals surface area contributed by atoms with E-state index in [0.29, 0.717) is 0 Å². The summed E-state index contributed by atoms with van der Waals surface area (Å²) in [5.74, 6) is 1.02. The van der Waals surface area contributed by atoms with Gasteiger partial charge in [-0.1, -0.05) is 15.9 Å². The van der Waals surface area contributed by atoms with Crippen LogP contribution in [0.25, 0.3) is 0 Å². The van der Waals surface area contributed by atoms with Crippen molar-refractivity contribution in [1.82, 2.24) is 0 Å². The summed E-state index contributed by atoms with van der Waals surface area (Å²) in [4.78, 5) is 1.22. The summed E-state index contributed by atoms with van der Waals surface area (Å²) in [6.45, 7) is 0. The highest BCUT2D eigenvalue weighted by Crippen LogP contribution is 2.37. The van der Waals surface area contributed by atoms with Gasteiger partial charge in [0.1, 0.15) is 0 Å². The first kappa shape index (κ1) is 8.60. The number of benzene rings is 1. The summed E-state index contributed by atoms with van der Waals surface area (Å²) in [5.41, 5.74) is 1.07. The van der Waals surface area contributed by atoms with E-state index in [-0.39, 0.29) is 6.10 Å². The van der Waals surface area contributed by atoms with Crippen molar-refractivity contribution in [2.75, 3.05) is 5.75 Å². The normalized spacial score (nSPS) is 22.0. The number of hydrogen-bond acceptors (Lipinski definition) is 2. The van der Waals surface area contributed by atoms with Gasteiger partial charge in [-0.2, -0.15) is 0 Å². The Hall–Kier alpha value is 0.01000. The molecule has 0 saturated heterocycles. The van der Waals surface area contributed by atoms with Gasteiger partial charge in [0.15, 0.2) is 0 Å². The van der Waals surface area contributed by atoms with Crippen molar-refractivity contribution < 1.29 is 5.11 Å². The highest BCUT2D eigenvalue weighted by Gasteiger charge is 2.17. The molecular weight excluding hydrogens is 236 g/mol. The fourth-order valence-electron chi connectivity index (χ4n) is 1.35. The van der Waals surface area contributed by atoms with Gasteiger partial charge in [-0.25, -0.2) is 0 Å². The summed E-state index contributed by atoms with van der Waals surface area (Å²) in [5, 5.41) is 9.65. The molecule has 0 aromatic heterocycles. The first-order valence-corrected chi connectivity index (χ1v) is 5.65. The van der Waals surface area contributed by atoms with E-state index >= 15 is 0 Å². The molecule has 2 rings (SSSR count). The van der Waals surface area contributed by atoms with E-state index in [4.69, 9.17) is 0 Å². The minimum atomic E-state index is -0.265. The van der Waals surface area contributed by atoms with Crippen molar-refractivity contribution >= 4 is 27.7 Å². The second-order valence-electron chi connectivity index (χ2n) is 2.84. The smallest absolute Gasteiger partial charge is 0.0809 e. The van der Waals surface area contributed by atoms with E-state index in [1.165, 1.54) is 4.90 Å². The summed E-state index contributed by atoms with van der Waals surface area (Å²) >= 11 is 5.22. The number of rotatable bonds is 0. The zero-order valence-corrected chi connectivity index (χ0v) is 8.86. The van der Waals surface area contributed by atoms with Crippen LogP contribution in [0.5, 0.6) is 0 Å². The van der Waals surface area contributed by atoms with Gasteiger partial charge in [-0.05, 0) is 30.2 Å². The van der Waals surface area contributed by atoms with Crippen molar-refractivity contribution in [1.29, 1.82) is 0 Å². The molecule has 0 spiro atoms. The maximum absolute atomic E-state index is 9.65. The lowest BCUT2D eigenvalue weighted by Gasteiger charge is -2.20. The molecule has 1 aromatic carbocycles. The molecule has 3 heteroatoms. The fourth-order valence-corrected chi connectivity index (χ4v) is 2.81. The van der Waals surface area contributed by atoms with Crippen LogP contribution in [-0.4, -0.2) is 10.9 Å². The third-order valence-corrected chi connectivity index (χ3v) is 3.60. The Morgan fingerprint density at radius 3 is 3.17 bits per heavy atom. The van der Waals surface area contributed by atoms with Gasteiger partial charge < -0.3 is 5.11 Å². The van der Waals surface area contributed by atoms with Crippen molar-refractivity contribution in [3.05, 3.63) is 28.2 Å². The molecule has 1 aromatic rings. The molecule has 1 heterocycles. The maximum Gasteiger partial charge on any atom is 0.0809 e. The molecule has 1 aliphatic heterocycles. The molecule has 0 unspecified atom stereocenters. The van der Waals surface area contributed by atoms with Gasteiger partial charge in [0.05, 0.1) is 6.10 Å². The summed E-state index contributed by atoms with van der Waals surface area (Å²) in [6, 6.07) is 6.09. The van der Waals surface area contributed by atoms with E-state index in [2.05, 4.69) is 22.0 Å². The summed E-state index contributed by atoms with van der Waals surface area (Å²) < 4.78 is 1.04. The van der Waals surface area contributed by atoms with Crippen LogP contribution in [0.4, 0.5) is 0 Å². The topological polar surface area (TPSA) is 20.2 Å². The number of fused-ring (bicyclic) bond motifs is 1. The van der Waals surface area contributed by atoms with Gasteiger partial charge in [-0.15, -0.1) is 11.8 Å². The monoisotopic (exact) mass is 244 g/mol. The molecule has 1 atom stereocenters. The number of thioether (sulfide) groups is 1. The van der Waals surface area contributed by atoms with Gasteiger partial charge in [0.2, 0.25) is 0 Å². The Kier molecular flexibility index (Phi) is 2.44. The van der Waals surface area contributed by atoms with E-state index in [1.54, 1.807) is 0 Å². The highest BCUT2D eigenvalue weighted by molar-refractivity contribution is 9.10. The molecule has 1 aliphatic rings. The zero-order valence-electron chi connectivity index (χ0n) is 6.46. The van der Waals surface area contributed by atoms with E-state index < -0.39 is 0 Å². The van der Waals surface area contributed by atoms with Crippen molar-refractivity contribution in [2.24, 2.45) is 0 Å². The lowest BCUT2D eigenvalue weighted by atomic mass is 10.1. The Morgan fingerprint density at radius 2 is 2.33 bits per heavy atom. The van der Waals surface area contributed by atoms with Crippen LogP contribution in [0.3, 0.4) is 0 Å². The van der Waals surface area contributed by atoms with Crippen LogP contribution in [0, 0.1) is 0 Å². The van der Waals surface area contributed by atoms with Crippen LogP contribution in [0.15, 0.2) is 27.6 Å². The van der Waals surface area contributed by atoms with Gasteiger partial charge in [-0.3, -0.25) is 0 Å². The Bertz CT molecular complexity index is 301. The molecule has 0 fully saturated rings. The molecule has 12 heavy (non-hydrogen) atoms. The molecule has 0 radical (unpaired) electrons. The molecular formula is C9H9BrOS. The fraction of sp³-hybridized carbons (Fsp3) is 0.333. The molecule has 64 valence electrons. The highest BCUT2D eigenvalue weighted by atomic mass is 79.9. The molecule has 0 amide bonds. The first-order valence-electron chi connectivity index (χ1n) is 3.87. The minimum Gasteiger partial charge on any atom is -0.388 e. The second kappa shape index (κ2) is 3.40. The van der Waals surface area contributed by atoms with Crippen LogP contribution >= 0.6 is 27.7 Å². The van der Waals surface area contributed by atoms with E-state index in [9.17, 15) is 5.11 Å². The average molecular weight is 245 g/mol. The van der Waals surface area contributed by atoms with Crippen LogP contribution < -0.4 is 0 Å². The van der Waals surface area contributed by atoms with Crippen LogP contribution in [-0.2, 0) is 0 Å². The third-order valence-electron chi connectivity index (χ3n) is 1.98. The molecule has 1 N–H and O–H groups in total. The second-order valence-corrected chi connectivity index (χ2v) is 4.89. The standard InChI is InChI=1S/C9H9BrOS/c10-6-1-2-9-7(5-6)8(11)3-4-12-9/h1-2,5,8,11H,3-4H2/t8-/m1/s1. The SMILES string of the molecule is O[C@@H]1CCSc2ccc(Br)cc21. The van der Waals surface area contributed by atoms with E-state index in [1.807, 2.05) is 23.9 Å². The quantitative estimate of drug-likeness (QED) is 0.758. The number of aliphatic hydroxyl groups excluding tert-OH is 1. The van der Waals surface area contributed by atoms with Crippen LogP contribution in [0.2, 0.25) is 0 Å².